The average molecular weight is 1310 g/mol. The normalized spacial score (nSPS) is 15.6. The SMILES string of the molecule is CC[C@H](C)[C@H](NC(=O)[C@@H](NC(=O)[C@H](CCC(=O)O)NC(=O)[C@H](CCSC)NC(=O)[C@H](CC(C)C)NC(=O)[C@H](CCCC[NH3+])NC(=O)[C@H](CCCNC(N)N)NC(=O)[C@H](CC(N)=O)NC(=O)[C@H](CO)NC(=O)[C@H](Cc1cnc[nH]1)NC(=O)[C@H](C)[NH3+])[C@@H](C)CC)C(N)=O. The minimum atomic E-state index is -1.83. The Morgan fingerprint density at radius 3 is 1.51 bits per heavy atom. The minimum Gasteiger partial charge on any atom is -0.481 e. The molecule has 0 spiro atoms. The highest BCUT2D eigenvalue weighted by Gasteiger charge is 2.38. The predicted octanol–water partition coefficient (Wildman–Crippen LogP) is -7.48. The molecule has 516 valence electrons. The van der Waals surface area contributed by atoms with E-state index in [9.17, 15) is 72.5 Å². The second-order valence-electron chi connectivity index (χ2n) is 23.0. The van der Waals surface area contributed by atoms with Crippen molar-refractivity contribution in [3.05, 3.63) is 18.2 Å². The van der Waals surface area contributed by atoms with Crippen LogP contribution in [0.4, 0.5) is 0 Å². The highest BCUT2D eigenvalue weighted by Crippen LogP contribution is 2.15. The first-order valence-corrected chi connectivity index (χ1v) is 32.0. The second-order valence-corrected chi connectivity index (χ2v) is 24.0. The van der Waals surface area contributed by atoms with Gasteiger partial charge in [0.25, 0.3) is 5.91 Å². The lowest BCUT2D eigenvalue weighted by molar-refractivity contribution is -0.398. The van der Waals surface area contributed by atoms with Gasteiger partial charge in [-0.2, -0.15) is 11.8 Å². The molecule has 13 atom stereocenters. The molecular weight excluding hydrogens is 1210 g/mol. The molecule has 1 aromatic rings. The van der Waals surface area contributed by atoms with E-state index in [1.165, 1.54) is 31.2 Å². The Labute approximate surface area is 534 Å². The number of carbonyl (C=O) groups excluding carboxylic acids is 12. The van der Waals surface area contributed by atoms with Crippen LogP contribution in [0.25, 0.3) is 0 Å². The first-order chi connectivity index (χ1) is 42.8. The molecule has 1 aromatic heterocycles. The molecule has 0 unspecified atom stereocenters. The lowest BCUT2D eigenvalue weighted by Gasteiger charge is -2.30. The molecule has 0 fully saturated rings. The largest absolute Gasteiger partial charge is 0.481 e. The van der Waals surface area contributed by atoms with E-state index in [1.54, 1.807) is 47.8 Å². The lowest BCUT2D eigenvalue weighted by atomic mass is 9.94. The van der Waals surface area contributed by atoms with Gasteiger partial charge in [-0.25, -0.2) is 4.98 Å². The van der Waals surface area contributed by atoms with E-state index in [1.807, 2.05) is 0 Å². The van der Waals surface area contributed by atoms with Crippen molar-refractivity contribution in [3.63, 3.8) is 0 Å². The number of hydrogen-bond acceptors (Lipinski definition) is 19. The number of rotatable bonds is 47. The molecule has 34 nitrogen and oxygen atoms in total. The number of aromatic amines is 1. The van der Waals surface area contributed by atoms with E-state index in [0.717, 1.165) is 0 Å². The summed E-state index contributed by atoms with van der Waals surface area (Å²) in [6.45, 7) is 11.5. The van der Waals surface area contributed by atoms with E-state index in [2.05, 4.69) is 79.9 Å². The van der Waals surface area contributed by atoms with E-state index >= 15 is 0 Å². The smallest absolute Gasteiger partial charge is 0.303 e. The fraction of sp³-hybridized carbons (Fsp3) is 0.714. The molecule has 0 saturated carbocycles. The van der Waals surface area contributed by atoms with Crippen LogP contribution in [0, 0.1) is 17.8 Å². The van der Waals surface area contributed by atoms with Crippen LogP contribution < -0.4 is 92.9 Å². The van der Waals surface area contributed by atoms with Gasteiger partial charge in [0.2, 0.25) is 65.0 Å². The average Bonchev–Trinajstić information content (AvgIpc) is 1.52. The number of aliphatic hydroxyl groups excluding tert-OH is 1. The number of thioether (sulfide) groups is 1. The van der Waals surface area contributed by atoms with E-state index in [0.29, 0.717) is 37.9 Å². The third-order valence-corrected chi connectivity index (χ3v) is 15.3. The van der Waals surface area contributed by atoms with Crippen molar-refractivity contribution in [2.75, 3.05) is 31.7 Å². The zero-order valence-corrected chi connectivity index (χ0v) is 54.4. The molecule has 0 aliphatic rings. The maximum absolute atomic E-state index is 14.5. The van der Waals surface area contributed by atoms with Gasteiger partial charge in [-0.05, 0) is 94.6 Å². The fourth-order valence-electron chi connectivity index (χ4n) is 8.96. The van der Waals surface area contributed by atoms with Gasteiger partial charge in [0.15, 0.2) is 6.04 Å². The molecule has 12 amide bonds. The topological polar surface area (TPSA) is 583 Å². The molecule has 0 radical (unpaired) electrons. The van der Waals surface area contributed by atoms with Crippen molar-refractivity contribution >= 4 is 88.6 Å². The van der Waals surface area contributed by atoms with Gasteiger partial charge in [-0.15, -0.1) is 0 Å². The number of nitrogens with one attached hydrogen (secondary N) is 12. The molecule has 0 aromatic carbocycles. The number of hydrogen-bond donors (Lipinski definition) is 20. The zero-order valence-electron chi connectivity index (χ0n) is 53.6. The summed E-state index contributed by atoms with van der Waals surface area (Å²) in [5, 5.41) is 48.1. The van der Waals surface area contributed by atoms with E-state index < -0.39 is 181 Å². The molecule has 0 saturated heterocycles. The molecule has 28 N–H and O–H groups in total. The monoisotopic (exact) mass is 1310 g/mol. The molecule has 91 heavy (non-hydrogen) atoms. The van der Waals surface area contributed by atoms with Crippen molar-refractivity contribution in [1.29, 1.82) is 0 Å². The van der Waals surface area contributed by atoms with Gasteiger partial charge in [0.1, 0.15) is 66.7 Å². The van der Waals surface area contributed by atoms with Crippen LogP contribution in [-0.4, -0.2) is 201 Å². The zero-order chi connectivity index (χ0) is 69.1. The Morgan fingerprint density at radius 1 is 0.582 bits per heavy atom. The number of H-pyrrole nitrogens is 1. The minimum absolute atomic E-state index is 0.00866. The number of quaternary nitrogens is 2. The number of aromatic nitrogens is 2. The maximum Gasteiger partial charge on any atom is 0.303 e. The highest BCUT2D eigenvalue weighted by atomic mass is 32.2. The van der Waals surface area contributed by atoms with Crippen molar-refractivity contribution in [3.8, 4) is 0 Å². The third kappa shape index (κ3) is 31.3. The third-order valence-electron chi connectivity index (χ3n) is 14.7. The number of primary amides is 2. The Kier molecular flexibility index (Phi) is 38.7. The van der Waals surface area contributed by atoms with E-state index in [-0.39, 0.29) is 62.7 Å². The molecule has 0 aliphatic carbocycles. The van der Waals surface area contributed by atoms with Crippen molar-refractivity contribution in [2.24, 2.45) is 40.7 Å². The summed E-state index contributed by atoms with van der Waals surface area (Å²) in [5.41, 5.74) is 30.4. The summed E-state index contributed by atoms with van der Waals surface area (Å²) >= 11 is 1.32. The quantitative estimate of drug-likeness (QED) is 0.0213. The fourth-order valence-corrected chi connectivity index (χ4v) is 9.43. The van der Waals surface area contributed by atoms with E-state index in [4.69, 9.17) is 22.9 Å². The van der Waals surface area contributed by atoms with Gasteiger partial charge in [0, 0.05) is 24.7 Å². The number of amides is 12. The van der Waals surface area contributed by atoms with Crippen LogP contribution in [0.1, 0.15) is 131 Å². The Hall–Kier alpha value is -7.57. The van der Waals surface area contributed by atoms with Gasteiger partial charge >= 0.3 is 5.97 Å². The standard InChI is InChI=1S/C56H101N19O15S/c1-9-29(5)43(45(60)80)74-55(90)44(30(6)10-2)75-50(85)35(16-17-42(78)79)68-49(84)36(18-21-91-8)69-51(86)37(22-28(3)4)71-48(83)33(14-11-12-19-57)66-47(82)34(15-13-20-64-56(61)62)67-53(88)39(24-41(59)77)72-54(89)40(26-76)73-52(87)38(70-46(81)31(7)58)23-32-25-63-27-65-32/h25,27-31,33-40,43-44,56,64,76H,9-24,26,57-58,61-62H2,1-8H3,(H2,59,77)(H2,60,80)(H,63,65)(H,66,82)(H,67,88)(H,68,84)(H,69,86)(H,70,81)(H,71,83)(H,72,89)(H,73,87)(H,74,90)(H,75,85)(H,78,79)/p+2/t29-,30-,31-,33-,34-,35-,36-,37-,38-,39-,40-,43-,44-/m0/s1. The number of carboxylic acids is 1. The van der Waals surface area contributed by atoms with Crippen molar-refractivity contribution in [2.45, 2.75) is 205 Å². The van der Waals surface area contributed by atoms with Crippen LogP contribution in [0.2, 0.25) is 0 Å². The number of nitrogens with zero attached hydrogens (tertiary/aromatic N) is 1. The highest BCUT2D eigenvalue weighted by molar-refractivity contribution is 7.98. The van der Waals surface area contributed by atoms with Crippen LogP contribution in [0.15, 0.2) is 12.5 Å². The summed E-state index contributed by atoms with van der Waals surface area (Å²) < 4.78 is 0. The summed E-state index contributed by atoms with van der Waals surface area (Å²) in [6.07, 6.45) is 3.03. The lowest BCUT2D eigenvalue weighted by Crippen LogP contribution is -2.68. The Balaban J connectivity index is 3.64. The van der Waals surface area contributed by atoms with Crippen LogP contribution in [-0.2, 0) is 68.7 Å². The molecule has 0 bridgehead atoms. The number of carboxylic acid groups (broad SMARTS) is 1. The number of nitrogens with two attached hydrogens (primary N) is 4. The van der Waals surface area contributed by atoms with Gasteiger partial charge < -0.3 is 103 Å². The number of carbonyl (C=O) groups is 13. The maximum atomic E-state index is 14.5. The first kappa shape index (κ1) is 81.4. The predicted molar refractivity (Wildman–Crippen MR) is 333 cm³/mol. The van der Waals surface area contributed by atoms with Crippen LogP contribution in [0.5, 0.6) is 0 Å². The van der Waals surface area contributed by atoms with Gasteiger partial charge in [-0.1, -0.05) is 54.4 Å². The number of aliphatic hydroxyl groups is 1. The molecule has 1 rings (SSSR count). The summed E-state index contributed by atoms with van der Waals surface area (Å²) in [5.74, 6) is -13.1. The summed E-state index contributed by atoms with van der Waals surface area (Å²) in [4.78, 5) is 183. The summed E-state index contributed by atoms with van der Waals surface area (Å²) in [7, 11) is 0. The molecule has 0 aliphatic heterocycles. The molecule has 1 heterocycles. The molecular formula is C56H103N19O15S+2. The molecule has 35 heteroatoms. The van der Waals surface area contributed by atoms with Crippen LogP contribution >= 0.6 is 11.8 Å². The van der Waals surface area contributed by atoms with Crippen molar-refractivity contribution < 1.29 is 84.0 Å². The summed E-state index contributed by atoms with van der Waals surface area (Å²) in [6, 6.07) is -15.2. The number of unbranched alkanes of at least 4 members (excludes halogenated alkanes) is 1. The first-order valence-electron chi connectivity index (χ1n) is 30.6. The Bertz CT molecular complexity index is 2530. The van der Waals surface area contributed by atoms with Crippen molar-refractivity contribution in [1.82, 2.24) is 68.5 Å². The number of imidazole rings is 1. The Morgan fingerprint density at radius 2 is 1.03 bits per heavy atom. The second kappa shape index (κ2) is 43.2. The van der Waals surface area contributed by atoms with Gasteiger partial charge in [-0.3, -0.25) is 67.6 Å². The van der Waals surface area contributed by atoms with Crippen LogP contribution in [0.3, 0.4) is 0 Å². The number of aliphatic carboxylic acids is 1. The van der Waals surface area contributed by atoms with Gasteiger partial charge in [0.05, 0.1) is 25.9 Å².